The molecule has 20 heavy (non-hydrogen) atoms. The van der Waals surface area contributed by atoms with Crippen LogP contribution in [-0.4, -0.2) is 18.1 Å². The van der Waals surface area contributed by atoms with E-state index in [0.717, 1.165) is 24.5 Å². The van der Waals surface area contributed by atoms with Crippen molar-refractivity contribution in [2.75, 3.05) is 18.0 Å². The van der Waals surface area contributed by atoms with Crippen molar-refractivity contribution < 1.29 is 0 Å². The second-order valence-corrected chi connectivity index (χ2v) is 6.79. The van der Waals surface area contributed by atoms with E-state index >= 15 is 0 Å². The summed E-state index contributed by atoms with van der Waals surface area (Å²) in [5.74, 6) is 2.80. The van der Waals surface area contributed by atoms with E-state index in [9.17, 15) is 0 Å². The standard InChI is InChI=1S/C16H26Cl2N2/c1-12(2)5-7-20(8-6-13(3)4)16-9-14(10-17)15(18)11-19-16/h9,11-13H,5-8,10H2,1-4H3. The maximum Gasteiger partial charge on any atom is 0.128 e. The fourth-order valence-corrected chi connectivity index (χ4v) is 2.37. The molecule has 2 nitrogen and oxygen atoms in total. The van der Waals surface area contributed by atoms with E-state index in [0.29, 0.717) is 22.7 Å². The van der Waals surface area contributed by atoms with Gasteiger partial charge >= 0.3 is 0 Å². The van der Waals surface area contributed by atoms with Crippen LogP contribution >= 0.6 is 23.2 Å². The van der Waals surface area contributed by atoms with Crippen molar-refractivity contribution in [1.82, 2.24) is 4.98 Å². The van der Waals surface area contributed by atoms with Crippen LogP contribution in [-0.2, 0) is 5.88 Å². The van der Waals surface area contributed by atoms with Crippen molar-refractivity contribution in [3.8, 4) is 0 Å². The summed E-state index contributed by atoms with van der Waals surface area (Å²) in [5, 5.41) is 0.649. The molecule has 0 aliphatic carbocycles. The van der Waals surface area contributed by atoms with E-state index in [-0.39, 0.29) is 0 Å². The largest absolute Gasteiger partial charge is 0.357 e. The number of hydrogen-bond acceptors (Lipinski definition) is 2. The number of nitrogens with zero attached hydrogens (tertiary/aromatic N) is 2. The van der Waals surface area contributed by atoms with Gasteiger partial charge in [0.2, 0.25) is 0 Å². The highest BCUT2D eigenvalue weighted by Crippen LogP contribution is 2.23. The Morgan fingerprint density at radius 1 is 1.10 bits per heavy atom. The second kappa shape index (κ2) is 8.74. The highest BCUT2D eigenvalue weighted by molar-refractivity contribution is 6.32. The molecular formula is C16H26Cl2N2. The molecule has 4 heteroatoms. The summed E-state index contributed by atoms with van der Waals surface area (Å²) >= 11 is 12.0. The molecule has 114 valence electrons. The molecular weight excluding hydrogens is 291 g/mol. The van der Waals surface area contributed by atoms with Crippen LogP contribution in [0.1, 0.15) is 46.1 Å². The SMILES string of the molecule is CC(C)CCN(CCC(C)C)c1cc(CCl)c(Cl)cn1. The Hall–Kier alpha value is -0.470. The van der Waals surface area contributed by atoms with Gasteiger partial charge in [-0.05, 0) is 36.3 Å². The molecule has 0 spiro atoms. The summed E-state index contributed by atoms with van der Waals surface area (Å²) in [6.07, 6.45) is 4.05. The lowest BCUT2D eigenvalue weighted by Crippen LogP contribution is -2.28. The van der Waals surface area contributed by atoms with Crippen LogP contribution in [0.3, 0.4) is 0 Å². The number of alkyl halides is 1. The molecule has 0 saturated carbocycles. The Bertz CT molecular complexity index is 393. The van der Waals surface area contributed by atoms with Gasteiger partial charge in [0.15, 0.2) is 0 Å². The molecule has 0 saturated heterocycles. The minimum Gasteiger partial charge on any atom is -0.357 e. The maximum atomic E-state index is 6.09. The maximum absolute atomic E-state index is 6.09. The summed E-state index contributed by atoms with van der Waals surface area (Å²) in [7, 11) is 0. The fourth-order valence-electron chi connectivity index (χ4n) is 1.91. The topological polar surface area (TPSA) is 16.1 Å². The van der Waals surface area contributed by atoms with Crippen molar-refractivity contribution in [3.05, 3.63) is 22.8 Å². The van der Waals surface area contributed by atoms with Gasteiger partial charge in [0.1, 0.15) is 5.82 Å². The number of hydrogen-bond donors (Lipinski definition) is 0. The summed E-state index contributed by atoms with van der Waals surface area (Å²) < 4.78 is 0. The predicted octanol–water partition coefficient (Wildman–Crippen LogP) is 5.37. The molecule has 1 heterocycles. The first-order valence-corrected chi connectivity index (χ1v) is 8.30. The van der Waals surface area contributed by atoms with Crippen molar-refractivity contribution in [1.29, 1.82) is 0 Å². The third-order valence-electron chi connectivity index (χ3n) is 3.34. The summed E-state index contributed by atoms with van der Waals surface area (Å²) in [5.41, 5.74) is 0.956. The van der Waals surface area contributed by atoms with E-state index in [2.05, 4.69) is 37.6 Å². The highest BCUT2D eigenvalue weighted by Gasteiger charge is 2.12. The van der Waals surface area contributed by atoms with Gasteiger partial charge in [-0.3, -0.25) is 0 Å². The van der Waals surface area contributed by atoms with Gasteiger partial charge in [-0.15, -0.1) is 11.6 Å². The molecule has 0 bridgehead atoms. The van der Waals surface area contributed by atoms with Crippen LogP contribution in [0.15, 0.2) is 12.3 Å². The van der Waals surface area contributed by atoms with E-state index in [1.54, 1.807) is 6.20 Å². The van der Waals surface area contributed by atoms with Crippen LogP contribution in [0, 0.1) is 11.8 Å². The molecule has 0 aliphatic rings. The number of rotatable bonds is 8. The van der Waals surface area contributed by atoms with Gasteiger partial charge in [0, 0.05) is 25.2 Å². The average Bonchev–Trinajstić information content (AvgIpc) is 2.39. The first-order valence-electron chi connectivity index (χ1n) is 7.39. The molecule has 0 fully saturated rings. The molecule has 1 rings (SSSR count). The lowest BCUT2D eigenvalue weighted by molar-refractivity contribution is 0.533. The van der Waals surface area contributed by atoms with Gasteiger partial charge < -0.3 is 4.90 Å². The average molecular weight is 317 g/mol. The Morgan fingerprint density at radius 3 is 2.10 bits per heavy atom. The Labute approximate surface area is 133 Å². The third-order valence-corrected chi connectivity index (χ3v) is 3.97. The van der Waals surface area contributed by atoms with Crippen LogP contribution in [0.5, 0.6) is 0 Å². The zero-order valence-corrected chi connectivity index (χ0v) is 14.5. The molecule has 0 aromatic carbocycles. The molecule has 0 radical (unpaired) electrons. The van der Waals surface area contributed by atoms with Crippen LogP contribution in [0.25, 0.3) is 0 Å². The fraction of sp³-hybridized carbons (Fsp3) is 0.688. The number of pyridine rings is 1. The Balaban J connectivity index is 2.84. The van der Waals surface area contributed by atoms with Crippen molar-refractivity contribution in [2.45, 2.75) is 46.4 Å². The number of aromatic nitrogens is 1. The predicted molar refractivity (Wildman–Crippen MR) is 89.9 cm³/mol. The van der Waals surface area contributed by atoms with Crippen molar-refractivity contribution >= 4 is 29.0 Å². The molecule has 0 unspecified atom stereocenters. The summed E-state index contributed by atoms with van der Waals surface area (Å²) in [4.78, 5) is 6.83. The van der Waals surface area contributed by atoms with Gasteiger partial charge in [-0.2, -0.15) is 0 Å². The van der Waals surface area contributed by atoms with E-state index in [1.165, 1.54) is 12.8 Å². The number of anilines is 1. The minimum atomic E-state index is 0.427. The van der Waals surface area contributed by atoms with E-state index < -0.39 is 0 Å². The van der Waals surface area contributed by atoms with Crippen LogP contribution < -0.4 is 4.90 Å². The smallest absolute Gasteiger partial charge is 0.128 e. The third kappa shape index (κ3) is 5.88. The van der Waals surface area contributed by atoms with Crippen LogP contribution in [0.4, 0.5) is 5.82 Å². The molecule has 0 aliphatic heterocycles. The summed E-state index contributed by atoms with van der Waals surface area (Å²) in [6.45, 7) is 11.1. The van der Waals surface area contributed by atoms with Gasteiger partial charge in [-0.1, -0.05) is 39.3 Å². The van der Waals surface area contributed by atoms with Gasteiger partial charge in [0.25, 0.3) is 0 Å². The minimum absolute atomic E-state index is 0.427. The molecule has 1 aromatic heterocycles. The van der Waals surface area contributed by atoms with E-state index in [1.807, 2.05) is 6.07 Å². The first-order chi connectivity index (χ1) is 9.43. The Kier molecular flexibility index (Phi) is 7.68. The zero-order chi connectivity index (χ0) is 15.1. The number of halogens is 2. The van der Waals surface area contributed by atoms with E-state index in [4.69, 9.17) is 23.2 Å². The lowest BCUT2D eigenvalue weighted by Gasteiger charge is -2.26. The molecule has 0 N–H and O–H groups in total. The summed E-state index contributed by atoms with van der Waals surface area (Å²) in [6, 6.07) is 2.02. The quantitative estimate of drug-likeness (QED) is 0.599. The monoisotopic (exact) mass is 316 g/mol. The lowest BCUT2D eigenvalue weighted by atomic mass is 10.1. The Morgan fingerprint density at radius 2 is 1.65 bits per heavy atom. The van der Waals surface area contributed by atoms with Crippen molar-refractivity contribution in [3.63, 3.8) is 0 Å². The highest BCUT2D eigenvalue weighted by atomic mass is 35.5. The van der Waals surface area contributed by atoms with Crippen molar-refractivity contribution in [2.24, 2.45) is 11.8 Å². The normalized spacial score (nSPS) is 11.4. The second-order valence-electron chi connectivity index (χ2n) is 6.12. The van der Waals surface area contributed by atoms with Gasteiger partial charge in [0.05, 0.1) is 5.02 Å². The van der Waals surface area contributed by atoms with Crippen LogP contribution in [0.2, 0.25) is 5.02 Å². The zero-order valence-electron chi connectivity index (χ0n) is 13.0. The molecule has 0 atom stereocenters. The molecule has 1 aromatic rings. The van der Waals surface area contributed by atoms with Gasteiger partial charge in [-0.25, -0.2) is 4.98 Å². The molecule has 0 amide bonds. The first kappa shape index (κ1) is 17.6.